The number of benzene rings is 1. The molecule has 0 amide bonds. The van der Waals surface area contributed by atoms with Gasteiger partial charge in [0.15, 0.2) is 0 Å². The van der Waals surface area contributed by atoms with Crippen molar-refractivity contribution in [2.45, 2.75) is 39.3 Å². The number of anilines is 1. The quantitative estimate of drug-likeness (QED) is 0.443. The van der Waals surface area contributed by atoms with Crippen molar-refractivity contribution >= 4 is 38.4 Å². The van der Waals surface area contributed by atoms with Gasteiger partial charge in [0.1, 0.15) is 17.0 Å². The Morgan fingerprint density at radius 1 is 1.18 bits per heavy atom. The van der Waals surface area contributed by atoms with Crippen LogP contribution in [0.4, 0.5) is 5.82 Å². The normalized spacial score (nSPS) is 21.1. The molecule has 1 atom stereocenters. The van der Waals surface area contributed by atoms with Gasteiger partial charge in [-0.25, -0.2) is 14.8 Å². The van der Waals surface area contributed by atoms with Crippen LogP contribution >= 0.6 is 11.3 Å². The number of nitrogens with one attached hydrogen (secondary N) is 1. The molecule has 5 heterocycles. The van der Waals surface area contributed by atoms with E-state index in [1.54, 1.807) is 22.2 Å². The molecule has 9 heteroatoms. The van der Waals surface area contributed by atoms with Gasteiger partial charge >= 0.3 is 5.69 Å². The highest BCUT2D eigenvalue weighted by Gasteiger charge is 2.44. The van der Waals surface area contributed by atoms with E-state index in [4.69, 9.17) is 4.98 Å². The van der Waals surface area contributed by atoms with Gasteiger partial charge in [-0.1, -0.05) is 13.0 Å². The topological polar surface area (TPSA) is 90.3 Å². The zero-order valence-electron chi connectivity index (χ0n) is 19.5. The fourth-order valence-electron chi connectivity index (χ4n) is 5.81. The number of aliphatic hydroxyl groups excluding tert-OH is 1. The lowest BCUT2D eigenvalue weighted by Crippen LogP contribution is -2.31. The maximum absolute atomic E-state index is 12.2. The van der Waals surface area contributed by atoms with Crippen LogP contribution in [-0.2, 0) is 19.5 Å². The van der Waals surface area contributed by atoms with E-state index in [2.05, 4.69) is 44.9 Å². The summed E-state index contributed by atoms with van der Waals surface area (Å²) in [5.41, 5.74) is 3.03. The largest absolute Gasteiger partial charge is 0.395 e. The minimum Gasteiger partial charge on any atom is -0.395 e. The third kappa shape index (κ3) is 3.72. The number of hydrogen-bond donors (Lipinski definition) is 2. The first kappa shape index (κ1) is 21.8. The van der Waals surface area contributed by atoms with Gasteiger partial charge in [0.05, 0.1) is 29.6 Å². The first-order valence-electron chi connectivity index (χ1n) is 12.1. The molecule has 4 aromatic rings. The highest BCUT2D eigenvalue weighted by molar-refractivity contribution is 7.18. The van der Waals surface area contributed by atoms with Crippen molar-refractivity contribution in [3.8, 4) is 0 Å². The van der Waals surface area contributed by atoms with Gasteiger partial charge in [0, 0.05) is 36.5 Å². The molecular formula is C25H30N6O2S. The Morgan fingerprint density at radius 3 is 2.91 bits per heavy atom. The number of imidazole rings is 1. The molecule has 8 nitrogen and oxygen atoms in total. The van der Waals surface area contributed by atoms with Crippen molar-refractivity contribution < 1.29 is 5.11 Å². The number of aliphatic hydroxyl groups is 1. The SMILES string of the molecule is CCc1cc2c(N3CCC4(CCN(Cc5ccc6[nH]c(=O)n(CCO)c6c5)C4)C3)ncnc2s1. The summed E-state index contributed by atoms with van der Waals surface area (Å²) in [6.45, 7) is 7.57. The Kier molecular flexibility index (Phi) is 5.43. The molecule has 34 heavy (non-hydrogen) atoms. The highest BCUT2D eigenvalue weighted by atomic mass is 32.1. The summed E-state index contributed by atoms with van der Waals surface area (Å²) in [7, 11) is 0. The monoisotopic (exact) mass is 478 g/mol. The van der Waals surface area contributed by atoms with Crippen LogP contribution in [0.5, 0.6) is 0 Å². The molecule has 1 unspecified atom stereocenters. The Labute approximate surface area is 201 Å². The first-order chi connectivity index (χ1) is 16.6. The number of fused-ring (bicyclic) bond motifs is 2. The number of rotatable bonds is 6. The Hall–Kier alpha value is -2.75. The average Bonchev–Trinajstić information content (AvgIpc) is 3.61. The lowest BCUT2D eigenvalue weighted by atomic mass is 9.86. The molecule has 1 aromatic carbocycles. The van der Waals surface area contributed by atoms with E-state index in [0.717, 1.165) is 60.8 Å². The fourth-order valence-corrected chi connectivity index (χ4v) is 6.74. The molecule has 0 bridgehead atoms. The van der Waals surface area contributed by atoms with Crippen molar-refractivity contribution in [1.29, 1.82) is 0 Å². The number of hydrogen-bond acceptors (Lipinski definition) is 7. The molecule has 0 radical (unpaired) electrons. The van der Waals surface area contributed by atoms with Gasteiger partial charge < -0.3 is 15.0 Å². The number of nitrogens with zero attached hydrogens (tertiary/aromatic N) is 5. The van der Waals surface area contributed by atoms with E-state index < -0.39 is 0 Å². The third-order valence-electron chi connectivity index (χ3n) is 7.53. The zero-order chi connectivity index (χ0) is 23.3. The van der Waals surface area contributed by atoms with E-state index in [9.17, 15) is 9.90 Å². The standard InChI is InChI=1S/C25H30N6O2S/c1-2-18-12-19-22(26-16-27-23(19)34-18)30-8-6-25(15-30)5-7-29(14-25)13-17-3-4-20-21(11-17)31(9-10-32)24(33)28-20/h3-4,11-12,16,32H,2,5-10,13-15H2,1H3,(H,28,33). The second-order valence-electron chi connectivity index (χ2n) is 9.77. The Bertz CT molecular complexity index is 1410. The van der Waals surface area contributed by atoms with Gasteiger partial charge in [0.25, 0.3) is 0 Å². The number of aryl methyl sites for hydroxylation is 1. The van der Waals surface area contributed by atoms with Gasteiger partial charge in [-0.05, 0) is 49.6 Å². The van der Waals surface area contributed by atoms with Crippen LogP contribution in [-0.4, -0.2) is 62.3 Å². The summed E-state index contributed by atoms with van der Waals surface area (Å²) in [6, 6.07) is 8.45. The summed E-state index contributed by atoms with van der Waals surface area (Å²) in [6.07, 6.45) is 5.13. The van der Waals surface area contributed by atoms with Crippen molar-refractivity contribution in [3.63, 3.8) is 0 Å². The van der Waals surface area contributed by atoms with Crippen LogP contribution in [0.15, 0.2) is 35.4 Å². The number of aromatic amines is 1. The van der Waals surface area contributed by atoms with Crippen LogP contribution in [0.1, 0.15) is 30.2 Å². The number of thiophene rings is 1. The van der Waals surface area contributed by atoms with Gasteiger partial charge in [-0.3, -0.25) is 9.47 Å². The molecule has 0 saturated carbocycles. The van der Waals surface area contributed by atoms with Crippen molar-refractivity contribution in [2.75, 3.05) is 37.7 Å². The van der Waals surface area contributed by atoms with Crippen molar-refractivity contribution in [2.24, 2.45) is 5.41 Å². The second-order valence-corrected chi connectivity index (χ2v) is 10.9. The summed E-state index contributed by atoms with van der Waals surface area (Å²) in [5.74, 6) is 1.09. The molecule has 2 saturated heterocycles. The van der Waals surface area contributed by atoms with Gasteiger partial charge in [0.2, 0.25) is 0 Å². The van der Waals surface area contributed by atoms with Gasteiger partial charge in [-0.2, -0.15) is 0 Å². The first-order valence-corrected chi connectivity index (χ1v) is 12.9. The minimum absolute atomic E-state index is 0.0496. The molecule has 2 N–H and O–H groups in total. The van der Waals surface area contributed by atoms with Crippen LogP contribution in [0, 0.1) is 5.41 Å². The number of H-pyrrole nitrogens is 1. The lowest BCUT2D eigenvalue weighted by Gasteiger charge is -2.25. The van der Waals surface area contributed by atoms with Crippen molar-refractivity contribution in [3.05, 3.63) is 51.5 Å². The maximum atomic E-state index is 12.2. The van der Waals surface area contributed by atoms with E-state index in [0.29, 0.717) is 12.0 Å². The van der Waals surface area contributed by atoms with Crippen LogP contribution in [0.2, 0.25) is 0 Å². The molecular weight excluding hydrogens is 448 g/mol. The number of aromatic nitrogens is 4. The molecule has 6 rings (SSSR count). The fraction of sp³-hybridized carbons (Fsp3) is 0.480. The molecule has 3 aromatic heterocycles. The highest BCUT2D eigenvalue weighted by Crippen LogP contribution is 2.43. The molecule has 2 fully saturated rings. The van der Waals surface area contributed by atoms with Crippen LogP contribution < -0.4 is 10.6 Å². The lowest BCUT2D eigenvalue weighted by molar-refractivity contribution is 0.270. The van der Waals surface area contributed by atoms with Crippen LogP contribution in [0.25, 0.3) is 21.3 Å². The molecule has 178 valence electrons. The Balaban J connectivity index is 1.18. The summed E-state index contributed by atoms with van der Waals surface area (Å²) >= 11 is 1.78. The van der Waals surface area contributed by atoms with Crippen molar-refractivity contribution in [1.82, 2.24) is 24.4 Å². The Morgan fingerprint density at radius 2 is 2.06 bits per heavy atom. The summed E-state index contributed by atoms with van der Waals surface area (Å²) in [5, 5.41) is 10.5. The molecule has 2 aliphatic heterocycles. The molecule has 2 aliphatic rings. The number of likely N-dealkylation sites (tertiary alicyclic amines) is 1. The van der Waals surface area contributed by atoms with Crippen LogP contribution in [0.3, 0.4) is 0 Å². The molecule has 1 spiro atoms. The zero-order valence-corrected chi connectivity index (χ0v) is 20.3. The summed E-state index contributed by atoms with van der Waals surface area (Å²) < 4.78 is 1.62. The predicted molar refractivity (Wildman–Crippen MR) is 136 cm³/mol. The average molecular weight is 479 g/mol. The minimum atomic E-state index is -0.164. The molecule has 0 aliphatic carbocycles. The summed E-state index contributed by atoms with van der Waals surface area (Å²) in [4.78, 5) is 31.7. The second kappa shape index (κ2) is 8.48. The van der Waals surface area contributed by atoms with Gasteiger partial charge in [-0.15, -0.1) is 11.3 Å². The smallest absolute Gasteiger partial charge is 0.326 e. The predicted octanol–water partition coefficient (Wildman–Crippen LogP) is 2.99. The third-order valence-corrected chi connectivity index (χ3v) is 8.72. The van der Waals surface area contributed by atoms with E-state index in [-0.39, 0.29) is 12.3 Å². The maximum Gasteiger partial charge on any atom is 0.326 e. The van der Waals surface area contributed by atoms with E-state index in [1.807, 2.05) is 6.07 Å². The van der Waals surface area contributed by atoms with E-state index >= 15 is 0 Å². The van der Waals surface area contributed by atoms with E-state index in [1.165, 1.54) is 28.7 Å².